The summed E-state index contributed by atoms with van der Waals surface area (Å²) in [5, 5.41) is 3.57. The van der Waals surface area contributed by atoms with Crippen molar-refractivity contribution < 1.29 is 18.7 Å². The van der Waals surface area contributed by atoms with Gasteiger partial charge in [-0.05, 0) is 29.8 Å². The molecule has 0 radical (unpaired) electrons. The molecule has 5 nitrogen and oxygen atoms in total. The molecule has 0 unspecified atom stereocenters. The minimum Gasteiger partial charge on any atom is -0.497 e. The number of hydrogen-bond acceptors (Lipinski definition) is 4. The van der Waals surface area contributed by atoms with Crippen LogP contribution in [0.25, 0.3) is 11.0 Å². The number of carbonyl (C=O) groups is 2. The number of hydrogen-bond donors (Lipinski definition) is 1. The summed E-state index contributed by atoms with van der Waals surface area (Å²) in [5.74, 6) is 0.344. The first-order valence-electron chi connectivity index (χ1n) is 9.20. The van der Waals surface area contributed by atoms with E-state index in [1.54, 1.807) is 49.6 Å². The van der Waals surface area contributed by atoms with Gasteiger partial charge in [-0.1, -0.05) is 54.6 Å². The molecule has 0 fully saturated rings. The van der Waals surface area contributed by atoms with E-state index in [0.717, 1.165) is 11.3 Å². The van der Waals surface area contributed by atoms with E-state index in [0.29, 0.717) is 22.2 Å². The van der Waals surface area contributed by atoms with E-state index >= 15 is 0 Å². The minimum atomic E-state index is -0.276. The Morgan fingerprint density at radius 1 is 0.897 bits per heavy atom. The van der Waals surface area contributed by atoms with Gasteiger partial charge in [0.2, 0.25) is 11.7 Å². The lowest BCUT2D eigenvalue weighted by Gasteiger charge is -2.07. The third kappa shape index (κ3) is 3.89. The number of carbonyl (C=O) groups excluding carboxylic acids is 2. The summed E-state index contributed by atoms with van der Waals surface area (Å²) in [4.78, 5) is 25.7. The monoisotopic (exact) mass is 385 g/mol. The molecule has 1 N–H and O–H groups in total. The topological polar surface area (TPSA) is 68.5 Å². The van der Waals surface area contributed by atoms with Gasteiger partial charge >= 0.3 is 0 Å². The first-order chi connectivity index (χ1) is 14.2. The Morgan fingerprint density at radius 2 is 1.59 bits per heavy atom. The zero-order chi connectivity index (χ0) is 20.2. The van der Waals surface area contributed by atoms with E-state index in [-0.39, 0.29) is 23.9 Å². The van der Waals surface area contributed by atoms with E-state index < -0.39 is 0 Å². The predicted octanol–water partition coefficient (Wildman–Crippen LogP) is 4.85. The van der Waals surface area contributed by atoms with E-state index in [9.17, 15) is 9.59 Å². The fourth-order valence-corrected chi connectivity index (χ4v) is 3.16. The number of nitrogens with one attached hydrogen (secondary N) is 1. The Labute approximate surface area is 167 Å². The lowest BCUT2D eigenvalue weighted by Crippen LogP contribution is -2.16. The van der Waals surface area contributed by atoms with Crippen molar-refractivity contribution in [2.75, 3.05) is 12.4 Å². The van der Waals surface area contributed by atoms with Gasteiger partial charge in [0.1, 0.15) is 11.3 Å². The quantitative estimate of drug-likeness (QED) is 0.482. The summed E-state index contributed by atoms with van der Waals surface area (Å²) in [5.41, 5.74) is 2.28. The highest BCUT2D eigenvalue weighted by molar-refractivity contribution is 6.17. The van der Waals surface area contributed by atoms with E-state index in [2.05, 4.69) is 5.32 Å². The summed E-state index contributed by atoms with van der Waals surface area (Å²) in [6.45, 7) is 0. The highest BCUT2D eigenvalue weighted by atomic mass is 16.5. The van der Waals surface area contributed by atoms with Crippen molar-refractivity contribution in [3.63, 3.8) is 0 Å². The van der Waals surface area contributed by atoms with Crippen molar-refractivity contribution in [1.29, 1.82) is 0 Å². The highest BCUT2D eigenvalue weighted by Crippen LogP contribution is 2.32. The Hall–Kier alpha value is -3.86. The van der Waals surface area contributed by atoms with Crippen LogP contribution in [-0.2, 0) is 11.2 Å². The maximum atomic E-state index is 13.0. The van der Waals surface area contributed by atoms with Crippen LogP contribution in [0.5, 0.6) is 5.75 Å². The van der Waals surface area contributed by atoms with Crippen molar-refractivity contribution >= 4 is 28.3 Å². The summed E-state index contributed by atoms with van der Waals surface area (Å²) in [6, 6.07) is 23.4. The molecule has 0 bridgehead atoms. The number of fused-ring (bicyclic) bond motifs is 1. The summed E-state index contributed by atoms with van der Waals surface area (Å²) in [6.07, 6.45) is 0.169. The minimum absolute atomic E-state index is 0.125. The SMILES string of the molecule is COc1ccc(CC(=O)Nc2c(C(=O)c3ccccc3)oc3ccccc23)cc1. The molecule has 1 aromatic heterocycles. The van der Waals surface area contributed by atoms with E-state index in [1.807, 2.05) is 36.4 Å². The lowest BCUT2D eigenvalue weighted by molar-refractivity contribution is -0.115. The summed E-state index contributed by atoms with van der Waals surface area (Å²) >= 11 is 0. The summed E-state index contributed by atoms with van der Waals surface area (Å²) in [7, 11) is 1.59. The molecule has 0 saturated carbocycles. The average Bonchev–Trinajstić information content (AvgIpc) is 3.12. The van der Waals surface area contributed by atoms with Crippen LogP contribution in [0.4, 0.5) is 5.69 Å². The standard InChI is InChI=1S/C24H19NO4/c1-28-18-13-11-16(12-14-18)15-21(26)25-22-19-9-5-6-10-20(19)29-24(22)23(27)17-7-3-2-4-8-17/h2-14H,15H2,1H3,(H,25,26). The van der Waals surface area contributed by atoms with Crippen LogP contribution in [0.15, 0.2) is 83.3 Å². The van der Waals surface area contributed by atoms with Crippen LogP contribution < -0.4 is 10.1 Å². The number of methoxy groups -OCH3 is 1. The van der Waals surface area contributed by atoms with Crippen LogP contribution in [0.3, 0.4) is 0 Å². The molecule has 29 heavy (non-hydrogen) atoms. The fourth-order valence-electron chi connectivity index (χ4n) is 3.16. The Balaban J connectivity index is 1.65. The Kier molecular flexibility index (Phi) is 5.12. The van der Waals surface area contributed by atoms with Gasteiger partial charge in [-0.25, -0.2) is 0 Å². The number of benzene rings is 3. The first kappa shape index (κ1) is 18.5. The molecule has 4 aromatic rings. The number of ether oxygens (including phenoxy) is 1. The molecule has 0 saturated heterocycles. The van der Waals surface area contributed by atoms with Crippen molar-refractivity contribution in [2.24, 2.45) is 0 Å². The van der Waals surface area contributed by atoms with Gasteiger partial charge in [0.25, 0.3) is 0 Å². The number of rotatable bonds is 6. The Bertz CT molecular complexity index is 1160. The first-order valence-corrected chi connectivity index (χ1v) is 9.20. The highest BCUT2D eigenvalue weighted by Gasteiger charge is 2.23. The van der Waals surface area contributed by atoms with Gasteiger partial charge < -0.3 is 14.5 Å². The molecule has 4 rings (SSSR count). The molecule has 1 heterocycles. The predicted molar refractivity (Wildman–Crippen MR) is 111 cm³/mol. The maximum absolute atomic E-state index is 13.0. The normalized spacial score (nSPS) is 10.7. The second-order valence-corrected chi connectivity index (χ2v) is 6.57. The molecule has 144 valence electrons. The van der Waals surface area contributed by atoms with Crippen molar-refractivity contribution in [3.8, 4) is 5.75 Å². The van der Waals surface area contributed by atoms with Gasteiger partial charge in [0.05, 0.1) is 19.2 Å². The molecule has 0 aliphatic rings. The molecule has 0 spiro atoms. The van der Waals surface area contributed by atoms with Crippen molar-refractivity contribution in [3.05, 3.63) is 95.7 Å². The second-order valence-electron chi connectivity index (χ2n) is 6.57. The second kappa shape index (κ2) is 8.02. The largest absolute Gasteiger partial charge is 0.497 e. The molecular formula is C24H19NO4. The molecule has 5 heteroatoms. The number of furan rings is 1. The lowest BCUT2D eigenvalue weighted by atomic mass is 10.1. The Morgan fingerprint density at radius 3 is 2.31 bits per heavy atom. The van der Waals surface area contributed by atoms with Crippen LogP contribution in [0.2, 0.25) is 0 Å². The molecule has 1 amide bonds. The van der Waals surface area contributed by atoms with E-state index in [1.165, 1.54) is 0 Å². The zero-order valence-electron chi connectivity index (χ0n) is 15.8. The molecule has 0 aliphatic carbocycles. The number of anilines is 1. The van der Waals surface area contributed by atoms with Gasteiger partial charge in [0.15, 0.2) is 5.76 Å². The molecule has 0 atom stereocenters. The van der Waals surface area contributed by atoms with Crippen LogP contribution >= 0.6 is 0 Å². The maximum Gasteiger partial charge on any atom is 0.230 e. The number of ketones is 1. The van der Waals surface area contributed by atoms with Gasteiger partial charge in [0, 0.05) is 10.9 Å². The van der Waals surface area contributed by atoms with Gasteiger partial charge in [-0.15, -0.1) is 0 Å². The van der Waals surface area contributed by atoms with Gasteiger partial charge in [-0.3, -0.25) is 9.59 Å². The average molecular weight is 385 g/mol. The summed E-state index contributed by atoms with van der Waals surface area (Å²) < 4.78 is 11.0. The number of amides is 1. The van der Waals surface area contributed by atoms with Gasteiger partial charge in [-0.2, -0.15) is 0 Å². The van der Waals surface area contributed by atoms with Crippen LogP contribution in [0, 0.1) is 0 Å². The van der Waals surface area contributed by atoms with Crippen LogP contribution in [0.1, 0.15) is 21.7 Å². The zero-order valence-corrected chi connectivity index (χ0v) is 15.8. The molecule has 0 aliphatic heterocycles. The number of para-hydroxylation sites is 1. The fraction of sp³-hybridized carbons (Fsp3) is 0.0833. The van der Waals surface area contributed by atoms with Crippen molar-refractivity contribution in [1.82, 2.24) is 0 Å². The third-order valence-electron chi connectivity index (χ3n) is 4.63. The third-order valence-corrected chi connectivity index (χ3v) is 4.63. The smallest absolute Gasteiger partial charge is 0.230 e. The van der Waals surface area contributed by atoms with E-state index in [4.69, 9.17) is 9.15 Å². The van der Waals surface area contributed by atoms with Crippen LogP contribution in [-0.4, -0.2) is 18.8 Å². The molecular weight excluding hydrogens is 366 g/mol. The molecule has 3 aromatic carbocycles. The van der Waals surface area contributed by atoms with Crippen molar-refractivity contribution in [2.45, 2.75) is 6.42 Å².